The summed E-state index contributed by atoms with van der Waals surface area (Å²) >= 11 is 0. The average Bonchev–Trinajstić information content (AvgIpc) is 3.12. The zero-order valence-corrected chi connectivity index (χ0v) is 10.7. The van der Waals surface area contributed by atoms with Crippen LogP contribution in [0.4, 0.5) is 0 Å². The molecule has 0 spiro atoms. The van der Waals surface area contributed by atoms with Crippen LogP contribution in [0.3, 0.4) is 0 Å². The third kappa shape index (κ3) is 3.19. The van der Waals surface area contributed by atoms with Crippen molar-refractivity contribution in [2.45, 2.75) is 44.7 Å². The van der Waals surface area contributed by atoms with E-state index in [4.69, 9.17) is 4.74 Å². The van der Waals surface area contributed by atoms with E-state index in [1.54, 1.807) is 7.11 Å². The lowest BCUT2D eigenvalue weighted by Crippen LogP contribution is -2.57. The molecule has 2 unspecified atom stereocenters. The van der Waals surface area contributed by atoms with Crippen LogP contribution >= 0.6 is 0 Å². The van der Waals surface area contributed by atoms with Gasteiger partial charge in [-0.15, -0.1) is 0 Å². The number of nitrogens with zero attached hydrogens (tertiary/aromatic N) is 1. The summed E-state index contributed by atoms with van der Waals surface area (Å²) in [5.74, 6) is 0.965. The molecule has 1 N–H and O–H groups in total. The number of rotatable bonds is 6. The van der Waals surface area contributed by atoms with Crippen LogP contribution in [0, 0.1) is 5.92 Å². The fraction of sp³-hybridized carbons (Fsp3) is 1.00. The van der Waals surface area contributed by atoms with E-state index in [1.165, 1.54) is 38.8 Å². The van der Waals surface area contributed by atoms with E-state index in [9.17, 15) is 0 Å². The maximum atomic E-state index is 5.22. The Morgan fingerprint density at radius 1 is 1.38 bits per heavy atom. The molecule has 0 bridgehead atoms. The van der Waals surface area contributed by atoms with Gasteiger partial charge in [0, 0.05) is 38.8 Å². The van der Waals surface area contributed by atoms with Crippen LogP contribution in [-0.4, -0.2) is 50.3 Å². The molecule has 0 radical (unpaired) electrons. The number of ether oxygens (including phenoxy) is 1. The maximum absolute atomic E-state index is 5.22. The Kier molecular flexibility index (Phi) is 4.62. The van der Waals surface area contributed by atoms with Gasteiger partial charge in [0.05, 0.1) is 6.61 Å². The zero-order chi connectivity index (χ0) is 11.4. The molecule has 1 aliphatic carbocycles. The largest absolute Gasteiger partial charge is 0.383 e. The van der Waals surface area contributed by atoms with Gasteiger partial charge in [0.2, 0.25) is 0 Å². The molecule has 0 amide bonds. The monoisotopic (exact) mass is 226 g/mol. The Bertz CT molecular complexity index is 206. The smallest absolute Gasteiger partial charge is 0.0589 e. The molecular formula is C13H26N2O. The van der Waals surface area contributed by atoms with Crippen molar-refractivity contribution in [2.75, 3.05) is 33.4 Å². The van der Waals surface area contributed by atoms with Crippen LogP contribution in [0.2, 0.25) is 0 Å². The molecule has 0 aromatic rings. The fourth-order valence-electron chi connectivity index (χ4n) is 2.80. The minimum absolute atomic E-state index is 0.732. The molecule has 1 saturated heterocycles. The second-order valence-corrected chi connectivity index (χ2v) is 5.28. The molecular weight excluding hydrogens is 200 g/mol. The van der Waals surface area contributed by atoms with Crippen LogP contribution in [0.5, 0.6) is 0 Å². The minimum atomic E-state index is 0.732. The molecule has 1 saturated carbocycles. The lowest BCUT2D eigenvalue weighted by atomic mass is 10.0. The number of piperazine rings is 1. The Morgan fingerprint density at radius 2 is 2.19 bits per heavy atom. The third-order valence-electron chi connectivity index (χ3n) is 3.96. The molecule has 2 rings (SSSR count). The Labute approximate surface area is 99.5 Å². The molecule has 2 aliphatic rings. The van der Waals surface area contributed by atoms with E-state index in [2.05, 4.69) is 17.1 Å². The first-order chi connectivity index (χ1) is 7.85. The topological polar surface area (TPSA) is 24.5 Å². The van der Waals surface area contributed by atoms with Gasteiger partial charge in [0.25, 0.3) is 0 Å². The van der Waals surface area contributed by atoms with Crippen molar-refractivity contribution >= 4 is 0 Å². The van der Waals surface area contributed by atoms with Gasteiger partial charge in [0.15, 0.2) is 0 Å². The predicted molar refractivity (Wildman–Crippen MR) is 66.7 cm³/mol. The second-order valence-electron chi connectivity index (χ2n) is 5.28. The van der Waals surface area contributed by atoms with Crippen LogP contribution in [0.25, 0.3) is 0 Å². The summed E-state index contributed by atoms with van der Waals surface area (Å²) in [6.45, 7) is 6.67. The number of nitrogens with one attached hydrogen (secondary N) is 1. The van der Waals surface area contributed by atoms with E-state index in [1.807, 2.05) is 0 Å². The summed E-state index contributed by atoms with van der Waals surface area (Å²) in [5, 5.41) is 3.74. The summed E-state index contributed by atoms with van der Waals surface area (Å²) in [6, 6.07) is 1.49. The van der Waals surface area contributed by atoms with E-state index in [0.717, 1.165) is 31.2 Å². The highest BCUT2D eigenvalue weighted by molar-refractivity contribution is 4.94. The molecule has 1 heterocycles. The van der Waals surface area contributed by atoms with E-state index >= 15 is 0 Å². The van der Waals surface area contributed by atoms with Gasteiger partial charge in [0.1, 0.15) is 0 Å². The van der Waals surface area contributed by atoms with Crippen molar-refractivity contribution in [2.24, 2.45) is 5.92 Å². The van der Waals surface area contributed by atoms with Crippen molar-refractivity contribution in [3.05, 3.63) is 0 Å². The van der Waals surface area contributed by atoms with Crippen LogP contribution in [-0.2, 0) is 4.74 Å². The number of hydrogen-bond acceptors (Lipinski definition) is 3. The molecule has 3 heteroatoms. The summed E-state index contributed by atoms with van der Waals surface area (Å²) in [7, 11) is 1.80. The van der Waals surface area contributed by atoms with Gasteiger partial charge in [-0.05, 0) is 25.2 Å². The van der Waals surface area contributed by atoms with Gasteiger partial charge < -0.3 is 10.1 Å². The third-order valence-corrected chi connectivity index (χ3v) is 3.96. The van der Waals surface area contributed by atoms with Crippen molar-refractivity contribution in [1.82, 2.24) is 10.2 Å². The highest BCUT2D eigenvalue weighted by Gasteiger charge is 2.36. The Morgan fingerprint density at radius 3 is 2.81 bits per heavy atom. The summed E-state index contributed by atoms with van der Waals surface area (Å²) in [4.78, 5) is 2.65. The predicted octanol–water partition coefficient (Wildman–Crippen LogP) is 1.49. The van der Waals surface area contributed by atoms with E-state index in [-0.39, 0.29) is 0 Å². The maximum Gasteiger partial charge on any atom is 0.0589 e. The van der Waals surface area contributed by atoms with Crippen molar-refractivity contribution in [3.8, 4) is 0 Å². The molecule has 2 atom stereocenters. The SMILES string of the molecule is CCCC1CNC(C2CC2)CN1CCOC. The van der Waals surface area contributed by atoms with Crippen molar-refractivity contribution in [3.63, 3.8) is 0 Å². The summed E-state index contributed by atoms with van der Waals surface area (Å²) in [5.41, 5.74) is 0. The molecule has 0 aromatic heterocycles. The standard InChI is InChI=1S/C13H26N2O/c1-3-4-12-9-14-13(11-5-6-11)10-15(12)7-8-16-2/h11-14H,3-10H2,1-2H3. The lowest BCUT2D eigenvalue weighted by molar-refractivity contribution is 0.0779. The van der Waals surface area contributed by atoms with E-state index in [0.29, 0.717) is 0 Å². The normalized spacial score (nSPS) is 31.9. The van der Waals surface area contributed by atoms with Crippen molar-refractivity contribution in [1.29, 1.82) is 0 Å². The zero-order valence-electron chi connectivity index (χ0n) is 10.7. The number of hydrogen-bond donors (Lipinski definition) is 1. The van der Waals surface area contributed by atoms with Crippen molar-refractivity contribution < 1.29 is 4.74 Å². The average molecular weight is 226 g/mol. The van der Waals surface area contributed by atoms with Gasteiger partial charge in [-0.2, -0.15) is 0 Å². The van der Waals surface area contributed by atoms with Gasteiger partial charge in [-0.3, -0.25) is 4.90 Å². The molecule has 2 fully saturated rings. The van der Waals surface area contributed by atoms with Gasteiger partial charge in [-0.25, -0.2) is 0 Å². The van der Waals surface area contributed by atoms with Crippen LogP contribution < -0.4 is 5.32 Å². The Hall–Kier alpha value is -0.120. The first kappa shape index (κ1) is 12.3. The highest BCUT2D eigenvalue weighted by Crippen LogP contribution is 2.34. The molecule has 1 aliphatic heterocycles. The van der Waals surface area contributed by atoms with Gasteiger partial charge in [-0.1, -0.05) is 13.3 Å². The molecule has 3 nitrogen and oxygen atoms in total. The lowest BCUT2D eigenvalue weighted by Gasteiger charge is -2.40. The number of methoxy groups -OCH3 is 1. The second kappa shape index (κ2) is 5.99. The molecule has 0 aromatic carbocycles. The van der Waals surface area contributed by atoms with E-state index < -0.39 is 0 Å². The minimum Gasteiger partial charge on any atom is -0.383 e. The van der Waals surface area contributed by atoms with Crippen LogP contribution in [0.15, 0.2) is 0 Å². The van der Waals surface area contributed by atoms with Gasteiger partial charge >= 0.3 is 0 Å². The molecule has 94 valence electrons. The van der Waals surface area contributed by atoms with Crippen LogP contribution in [0.1, 0.15) is 32.6 Å². The molecule has 16 heavy (non-hydrogen) atoms. The quantitative estimate of drug-likeness (QED) is 0.742. The first-order valence-corrected chi connectivity index (χ1v) is 6.81. The Balaban J connectivity index is 1.83. The highest BCUT2D eigenvalue weighted by atomic mass is 16.5. The summed E-state index contributed by atoms with van der Waals surface area (Å²) < 4.78 is 5.22. The first-order valence-electron chi connectivity index (χ1n) is 6.81. The summed E-state index contributed by atoms with van der Waals surface area (Å²) in [6.07, 6.45) is 5.47. The fourth-order valence-corrected chi connectivity index (χ4v) is 2.80.